The molecular formula is C15H18N2O2. The number of aromatic nitrogens is 1. The molecule has 4 heteroatoms. The van der Waals surface area contributed by atoms with Gasteiger partial charge in [0.15, 0.2) is 11.5 Å². The minimum atomic E-state index is -0.0289. The summed E-state index contributed by atoms with van der Waals surface area (Å²) in [5.74, 6) is 1.38. The third-order valence-corrected chi connectivity index (χ3v) is 2.82. The second-order valence-electron chi connectivity index (χ2n) is 4.31. The van der Waals surface area contributed by atoms with Crippen molar-refractivity contribution in [3.05, 3.63) is 53.9 Å². The van der Waals surface area contributed by atoms with Gasteiger partial charge in [0, 0.05) is 12.2 Å². The molecule has 0 fully saturated rings. The first kappa shape index (κ1) is 13.4. The van der Waals surface area contributed by atoms with E-state index in [0.29, 0.717) is 18.1 Å². The number of hydrogen-bond donors (Lipinski definition) is 1. The Balaban J connectivity index is 2.12. The molecule has 0 aliphatic rings. The van der Waals surface area contributed by atoms with Crippen LogP contribution in [0.5, 0.6) is 11.5 Å². The molecule has 0 saturated carbocycles. The lowest BCUT2D eigenvalue weighted by Crippen LogP contribution is -2.06. The van der Waals surface area contributed by atoms with Crippen LogP contribution in [0.2, 0.25) is 0 Å². The summed E-state index contributed by atoms with van der Waals surface area (Å²) in [7, 11) is 1.62. The van der Waals surface area contributed by atoms with Gasteiger partial charge in [0.25, 0.3) is 0 Å². The van der Waals surface area contributed by atoms with Crippen LogP contribution in [0, 0.1) is 0 Å². The predicted molar refractivity (Wildman–Crippen MR) is 74.2 cm³/mol. The normalized spacial score (nSPS) is 11.9. The molecule has 0 unspecified atom stereocenters. The van der Waals surface area contributed by atoms with Gasteiger partial charge in [-0.15, -0.1) is 0 Å². The molecule has 2 rings (SSSR count). The Kier molecular flexibility index (Phi) is 4.36. The minimum absolute atomic E-state index is 0.0289. The number of rotatable bonds is 5. The van der Waals surface area contributed by atoms with Crippen LogP contribution in [0.25, 0.3) is 0 Å². The van der Waals surface area contributed by atoms with Crippen molar-refractivity contribution in [1.82, 2.24) is 4.98 Å². The zero-order valence-corrected chi connectivity index (χ0v) is 11.2. The van der Waals surface area contributed by atoms with Crippen molar-refractivity contribution in [2.75, 3.05) is 7.11 Å². The summed E-state index contributed by atoms with van der Waals surface area (Å²) >= 11 is 0. The van der Waals surface area contributed by atoms with Gasteiger partial charge in [-0.1, -0.05) is 12.1 Å². The van der Waals surface area contributed by atoms with E-state index < -0.39 is 0 Å². The van der Waals surface area contributed by atoms with Crippen molar-refractivity contribution in [3.8, 4) is 11.5 Å². The van der Waals surface area contributed by atoms with Crippen LogP contribution < -0.4 is 15.2 Å². The van der Waals surface area contributed by atoms with Gasteiger partial charge in [-0.2, -0.15) is 0 Å². The molecule has 0 bridgehead atoms. The van der Waals surface area contributed by atoms with Crippen LogP contribution >= 0.6 is 0 Å². The lowest BCUT2D eigenvalue weighted by atomic mass is 10.1. The summed E-state index contributed by atoms with van der Waals surface area (Å²) in [5, 5.41) is 0. The molecule has 0 amide bonds. The van der Waals surface area contributed by atoms with E-state index in [4.69, 9.17) is 15.2 Å². The molecule has 1 aromatic carbocycles. The van der Waals surface area contributed by atoms with E-state index in [1.807, 2.05) is 43.3 Å². The van der Waals surface area contributed by atoms with Crippen molar-refractivity contribution in [1.29, 1.82) is 0 Å². The fourth-order valence-electron chi connectivity index (χ4n) is 1.72. The Labute approximate surface area is 113 Å². The largest absolute Gasteiger partial charge is 0.493 e. The van der Waals surface area contributed by atoms with E-state index in [-0.39, 0.29) is 6.04 Å². The van der Waals surface area contributed by atoms with E-state index in [0.717, 1.165) is 11.3 Å². The van der Waals surface area contributed by atoms with Crippen LogP contribution in [0.15, 0.2) is 42.6 Å². The molecule has 0 spiro atoms. The molecule has 19 heavy (non-hydrogen) atoms. The molecule has 2 aromatic rings. The summed E-state index contributed by atoms with van der Waals surface area (Å²) in [6, 6.07) is 11.4. The Morgan fingerprint density at radius 1 is 1.21 bits per heavy atom. The molecule has 0 aliphatic carbocycles. The van der Waals surface area contributed by atoms with Gasteiger partial charge in [0.2, 0.25) is 0 Å². The zero-order valence-electron chi connectivity index (χ0n) is 11.2. The van der Waals surface area contributed by atoms with Gasteiger partial charge in [-0.25, -0.2) is 0 Å². The van der Waals surface area contributed by atoms with Gasteiger partial charge in [0.1, 0.15) is 6.61 Å². The van der Waals surface area contributed by atoms with Crippen molar-refractivity contribution in [3.63, 3.8) is 0 Å². The summed E-state index contributed by atoms with van der Waals surface area (Å²) in [5.41, 5.74) is 7.74. The second kappa shape index (κ2) is 6.20. The molecule has 0 saturated heterocycles. The maximum absolute atomic E-state index is 5.85. The minimum Gasteiger partial charge on any atom is -0.493 e. The number of benzene rings is 1. The molecule has 0 aliphatic heterocycles. The first-order chi connectivity index (χ1) is 9.20. The number of pyridine rings is 1. The van der Waals surface area contributed by atoms with Gasteiger partial charge in [-0.3, -0.25) is 4.98 Å². The molecular weight excluding hydrogens is 240 g/mol. The highest BCUT2D eigenvalue weighted by molar-refractivity contribution is 5.43. The smallest absolute Gasteiger partial charge is 0.161 e. The summed E-state index contributed by atoms with van der Waals surface area (Å²) in [6.07, 6.45) is 1.75. The molecule has 1 atom stereocenters. The third kappa shape index (κ3) is 3.45. The summed E-state index contributed by atoms with van der Waals surface area (Å²) in [6.45, 7) is 2.35. The maximum Gasteiger partial charge on any atom is 0.161 e. The van der Waals surface area contributed by atoms with Crippen LogP contribution in [0.3, 0.4) is 0 Å². The fraction of sp³-hybridized carbons (Fsp3) is 0.267. The third-order valence-electron chi connectivity index (χ3n) is 2.82. The predicted octanol–water partition coefficient (Wildman–Crippen LogP) is 2.69. The van der Waals surface area contributed by atoms with Crippen LogP contribution in [0.4, 0.5) is 0 Å². The van der Waals surface area contributed by atoms with E-state index in [9.17, 15) is 0 Å². The highest BCUT2D eigenvalue weighted by Gasteiger charge is 2.08. The van der Waals surface area contributed by atoms with Crippen molar-refractivity contribution in [2.45, 2.75) is 19.6 Å². The average molecular weight is 258 g/mol. The van der Waals surface area contributed by atoms with Crippen LogP contribution in [0.1, 0.15) is 24.2 Å². The van der Waals surface area contributed by atoms with E-state index in [1.54, 1.807) is 13.3 Å². The maximum atomic E-state index is 5.85. The summed E-state index contributed by atoms with van der Waals surface area (Å²) in [4.78, 5) is 4.21. The molecule has 1 aromatic heterocycles. The number of ether oxygens (including phenoxy) is 2. The standard InChI is InChI=1S/C15H18N2O2/c1-11(16)12-6-7-14(15(9-12)18-2)19-10-13-5-3-4-8-17-13/h3-9,11H,10,16H2,1-2H3/t11-/m0/s1. The quantitative estimate of drug-likeness (QED) is 0.895. The van der Waals surface area contributed by atoms with E-state index in [2.05, 4.69) is 4.98 Å². The van der Waals surface area contributed by atoms with Gasteiger partial charge in [0.05, 0.1) is 12.8 Å². The van der Waals surface area contributed by atoms with Crippen molar-refractivity contribution < 1.29 is 9.47 Å². The molecule has 2 N–H and O–H groups in total. The summed E-state index contributed by atoms with van der Waals surface area (Å²) < 4.78 is 11.0. The fourth-order valence-corrected chi connectivity index (χ4v) is 1.72. The molecule has 4 nitrogen and oxygen atoms in total. The van der Waals surface area contributed by atoms with E-state index in [1.165, 1.54) is 0 Å². The number of hydrogen-bond acceptors (Lipinski definition) is 4. The second-order valence-corrected chi connectivity index (χ2v) is 4.31. The van der Waals surface area contributed by atoms with Crippen LogP contribution in [-0.2, 0) is 6.61 Å². The monoisotopic (exact) mass is 258 g/mol. The van der Waals surface area contributed by atoms with Crippen LogP contribution in [-0.4, -0.2) is 12.1 Å². The van der Waals surface area contributed by atoms with Gasteiger partial charge in [-0.05, 0) is 36.8 Å². The van der Waals surface area contributed by atoms with Crippen molar-refractivity contribution in [2.24, 2.45) is 5.73 Å². The average Bonchev–Trinajstić information content (AvgIpc) is 2.45. The van der Waals surface area contributed by atoms with E-state index >= 15 is 0 Å². The topological polar surface area (TPSA) is 57.4 Å². The zero-order chi connectivity index (χ0) is 13.7. The first-order valence-electron chi connectivity index (χ1n) is 6.17. The number of nitrogens with zero attached hydrogens (tertiary/aromatic N) is 1. The Morgan fingerprint density at radius 3 is 2.68 bits per heavy atom. The Morgan fingerprint density at radius 2 is 2.05 bits per heavy atom. The number of nitrogens with two attached hydrogens (primary N) is 1. The van der Waals surface area contributed by atoms with Gasteiger partial charge < -0.3 is 15.2 Å². The number of methoxy groups -OCH3 is 1. The SMILES string of the molecule is COc1cc([C@H](C)N)ccc1OCc1ccccn1. The van der Waals surface area contributed by atoms with Gasteiger partial charge >= 0.3 is 0 Å². The molecule has 0 radical (unpaired) electrons. The molecule has 100 valence electrons. The highest BCUT2D eigenvalue weighted by Crippen LogP contribution is 2.30. The van der Waals surface area contributed by atoms with Crippen molar-refractivity contribution >= 4 is 0 Å². The first-order valence-corrected chi connectivity index (χ1v) is 6.17. The molecule has 1 heterocycles. The Hall–Kier alpha value is -2.07. The lowest BCUT2D eigenvalue weighted by molar-refractivity contribution is 0.280. The highest BCUT2D eigenvalue weighted by atomic mass is 16.5. The lowest BCUT2D eigenvalue weighted by Gasteiger charge is -2.13. The Bertz CT molecular complexity index is 527.